The Kier molecular flexibility index (Phi) is 4.74. The fraction of sp³-hybridized carbons (Fsp3) is 0.167. The highest BCUT2D eigenvalue weighted by Gasteiger charge is 2.05. The number of esters is 2. The molecule has 0 aliphatic rings. The Hall–Kier alpha value is -2.50. The summed E-state index contributed by atoms with van der Waals surface area (Å²) in [5.74, 6) is -1.09. The average molecular weight is 252 g/mol. The summed E-state index contributed by atoms with van der Waals surface area (Å²) in [6.07, 6.45) is 1.85. The molecule has 0 saturated carbocycles. The van der Waals surface area contributed by atoms with Gasteiger partial charge in [-0.25, -0.2) is 9.59 Å². The van der Waals surface area contributed by atoms with E-state index in [1.807, 2.05) is 0 Å². The smallest absolute Gasteiger partial charge is 0.336 e. The summed E-state index contributed by atoms with van der Waals surface area (Å²) >= 11 is 0. The van der Waals surface area contributed by atoms with Gasteiger partial charge in [0.05, 0.1) is 14.2 Å². The fourth-order valence-electron chi connectivity index (χ4n) is 1.09. The molecule has 1 aromatic rings. The Labute approximate surface area is 103 Å². The second kappa shape index (κ2) is 6.29. The lowest BCUT2D eigenvalue weighted by Gasteiger charge is -2.05. The van der Waals surface area contributed by atoms with Crippen LogP contribution < -0.4 is 9.47 Å². The molecule has 18 heavy (non-hydrogen) atoms. The van der Waals surface area contributed by atoms with E-state index in [0.29, 0.717) is 5.75 Å². The Morgan fingerprint density at radius 1 is 1.06 bits per heavy atom. The second-order valence-corrected chi connectivity index (χ2v) is 3.14. The van der Waals surface area contributed by atoms with Crippen LogP contribution in [0.4, 0.5) is 0 Å². The van der Waals surface area contributed by atoms with Gasteiger partial charge >= 0.3 is 11.9 Å². The van der Waals surface area contributed by atoms with E-state index in [9.17, 15) is 14.7 Å². The zero-order valence-electron chi connectivity index (χ0n) is 9.88. The van der Waals surface area contributed by atoms with Crippen molar-refractivity contribution in [2.45, 2.75) is 0 Å². The maximum atomic E-state index is 11.3. The minimum Gasteiger partial charge on any atom is -0.508 e. The Bertz CT molecular complexity index is 477. The second-order valence-electron chi connectivity index (χ2n) is 3.14. The molecule has 0 aromatic heterocycles. The van der Waals surface area contributed by atoms with Gasteiger partial charge in [-0.05, 0) is 0 Å². The molecule has 0 radical (unpaired) electrons. The number of carbonyl (C=O) groups excluding carboxylic acids is 2. The predicted molar refractivity (Wildman–Crippen MR) is 61.4 cm³/mol. The van der Waals surface area contributed by atoms with E-state index >= 15 is 0 Å². The van der Waals surface area contributed by atoms with E-state index < -0.39 is 11.9 Å². The highest BCUT2D eigenvalue weighted by Crippen LogP contribution is 2.26. The van der Waals surface area contributed by atoms with Crippen LogP contribution in [0.15, 0.2) is 30.4 Å². The molecule has 96 valence electrons. The lowest BCUT2D eigenvalue weighted by Crippen LogP contribution is -2.05. The SMILES string of the molecule is COC(=O)/C=C\C(=O)Oc1cc(O)cc(OC)c1. The predicted octanol–water partition coefficient (Wildman–Crippen LogP) is 1.04. The van der Waals surface area contributed by atoms with Crippen LogP contribution >= 0.6 is 0 Å². The first kappa shape index (κ1) is 13.6. The van der Waals surface area contributed by atoms with Crippen LogP contribution in [0.3, 0.4) is 0 Å². The van der Waals surface area contributed by atoms with E-state index in [4.69, 9.17) is 9.47 Å². The van der Waals surface area contributed by atoms with Gasteiger partial charge < -0.3 is 19.3 Å². The topological polar surface area (TPSA) is 82.1 Å². The molecule has 6 nitrogen and oxygen atoms in total. The zero-order valence-corrected chi connectivity index (χ0v) is 9.88. The van der Waals surface area contributed by atoms with Crippen molar-refractivity contribution in [2.75, 3.05) is 14.2 Å². The van der Waals surface area contributed by atoms with Gasteiger partial charge in [0.1, 0.15) is 17.2 Å². The van der Waals surface area contributed by atoms with Crippen LogP contribution in [0.25, 0.3) is 0 Å². The molecule has 0 bridgehead atoms. The first-order valence-corrected chi connectivity index (χ1v) is 4.91. The van der Waals surface area contributed by atoms with Crippen molar-refractivity contribution < 1.29 is 28.9 Å². The van der Waals surface area contributed by atoms with Crippen molar-refractivity contribution in [3.63, 3.8) is 0 Å². The van der Waals surface area contributed by atoms with Gasteiger partial charge in [0.15, 0.2) is 0 Å². The molecule has 1 rings (SSSR count). The van der Waals surface area contributed by atoms with Gasteiger partial charge in [0.2, 0.25) is 0 Å². The maximum Gasteiger partial charge on any atom is 0.336 e. The van der Waals surface area contributed by atoms with Gasteiger partial charge in [-0.3, -0.25) is 0 Å². The molecule has 1 aromatic carbocycles. The number of methoxy groups -OCH3 is 2. The van der Waals surface area contributed by atoms with Gasteiger partial charge in [-0.2, -0.15) is 0 Å². The molecule has 0 fully saturated rings. The van der Waals surface area contributed by atoms with E-state index in [-0.39, 0.29) is 11.5 Å². The minimum absolute atomic E-state index is 0.103. The van der Waals surface area contributed by atoms with Crippen molar-refractivity contribution in [2.24, 2.45) is 0 Å². The van der Waals surface area contributed by atoms with Crippen LogP contribution in [0, 0.1) is 0 Å². The standard InChI is InChI=1S/C12H12O6/c1-16-9-5-8(13)6-10(7-9)18-12(15)4-3-11(14)17-2/h3-7,13H,1-2H3/b4-3-. The molecule has 0 aliphatic carbocycles. The molecule has 0 heterocycles. The average Bonchev–Trinajstić information content (AvgIpc) is 2.35. The molecule has 0 saturated heterocycles. The highest BCUT2D eigenvalue weighted by atomic mass is 16.5. The quantitative estimate of drug-likeness (QED) is 0.489. The number of phenols is 1. The lowest BCUT2D eigenvalue weighted by molar-refractivity contribution is -0.135. The number of phenolic OH excluding ortho intramolecular Hbond substituents is 1. The molecular formula is C12H12O6. The number of ether oxygens (including phenoxy) is 3. The van der Waals surface area contributed by atoms with Crippen LogP contribution in [-0.4, -0.2) is 31.3 Å². The van der Waals surface area contributed by atoms with E-state index in [2.05, 4.69) is 4.74 Å². The van der Waals surface area contributed by atoms with Crippen LogP contribution in [-0.2, 0) is 14.3 Å². The summed E-state index contributed by atoms with van der Waals surface area (Å²) in [6.45, 7) is 0. The van der Waals surface area contributed by atoms with Gasteiger partial charge in [-0.15, -0.1) is 0 Å². The largest absolute Gasteiger partial charge is 0.508 e. The van der Waals surface area contributed by atoms with E-state index in [1.54, 1.807) is 0 Å². The first-order valence-electron chi connectivity index (χ1n) is 4.91. The summed E-state index contributed by atoms with van der Waals surface area (Å²) in [5.41, 5.74) is 0. The number of hydrogen-bond donors (Lipinski definition) is 1. The maximum absolute atomic E-state index is 11.3. The Balaban J connectivity index is 2.72. The minimum atomic E-state index is -0.770. The number of hydrogen-bond acceptors (Lipinski definition) is 6. The summed E-state index contributed by atoms with van der Waals surface area (Å²) in [4.78, 5) is 22.1. The van der Waals surface area contributed by atoms with Crippen molar-refractivity contribution in [3.05, 3.63) is 30.4 Å². The van der Waals surface area contributed by atoms with Crippen molar-refractivity contribution in [3.8, 4) is 17.2 Å². The number of benzene rings is 1. The van der Waals surface area contributed by atoms with E-state index in [0.717, 1.165) is 12.2 Å². The molecule has 1 N–H and O–H groups in total. The van der Waals surface area contributed by atoms with Crippen LogP contribution in [0.5, 0.6) is 17.2 Å². The third kappa shape index (κ3) is 4.17. The van der Waals surface area contributed by atoms with Gasteiger partial charge in [-0.1, -0.05) is 0 Å². The first-order chi connectivity index (χ1) is 8.55. The summed E-state index contributed by atoms with van der Waals surface area (Å²) in [6, 6.07) is 4.03. The monoisotopic (exact) mass is 252 g/mol. The summed E-state index contributed by atoms with van der Waals surface area (Å²) < 4.78 is 14.1. The summed E-state index contributed by atoms with van der Waals surface area (Å²) in [5, 5.41) is 9.33. The molecule has 0 amide bonds. The third-order valence-electron chi connectivity index (χ3n) is 1.88. The lowest BCUT2D eigenvalue weighted by atomic mass is 10.3. The highest BCUT2D eigenvalue weighted by molar-refractivity contribution is 5.92. The molecule has 0 aliphatic heterocycles. The Morgan fingerprint density at radius 2 is 1.67 bits per heavy atom. The summed E-state index contributed by atoms with van der Waals surface area (Å²) in [7, 11) is 2.61. The molecule has 0 unspecified atom stereocenters. The number of rotatable bonds is 4. The normalized spacial score (nSPS) is 10.1. The molecule has 6 heteroatoms. The van der Waals surface area contributed by atoms with Crippen LogP contribution in [0.2, 0.25) is 0 Å². The Morgan fingerprint density at radius 3 is 2.28 bits per heavy atom. The number of carbonyl (C=O) groups is 2. The third-order valence-corrected chi connectivity index (χ3v) is 1.88. The van der Waals surface area contributed by atoms with Gasteiger partial charge in [0, 0.05) is 30.4 Å². The zero-order chi connectivity index (χ0) is 13.5. The van der Waals surface area contributed by atoms with Crippen molar-refractivity contribution in [1.29, 1.82) is 0 Å². The molecule has 0 spiro atoms. The van der Waals surface area contributed by atoms with Crippen LogP contribution in [0.1, 0.15) is 0 Å². The van der Waals surface area contributed by atoms with Crippen molar-refractivity contribution in [1.82, 2.24) is 0 Å². The molecular weight excluding hydrogens is 240 g/mol. The van der Waals surface area contributed by atoms with Gasteiger partial charge in [0.25, 0.3) is 0 Å². The van der Waals surface area contributed by atoms with E-state index in [1.165, 1.54) is 32.4 Å². The van der Waals surface area contributed by atoms with Crippen molar-refractivity contribution >= 4 is 11.9 Å². The fourth-order valence-corrected chi connectivity index (χ4v) is 1.09. The number of aromatic hydroxyl groups is 1. The molecule has 0 atom stereocenters.